The van der Waals surface area contributed by atoms with Gasteiger partial charge in [0.15, 0.2) is 5.65 Å². The number of aromatic nitrogens is 4. The first-order valence-electron chi connectivity index (χ1n) is 9.40. The first-order chi connectivity index (χ1) is 14.1. The Labute approximate surface area is 173 Å². The highest BCUT2D eigenvalue weighted by molar-refractivity contribution is 6.30. The predicted molar refractivity (Wildman–Crippen MR) is 115 cm³/mol. The Morgan fingerprint density at radius 2 is 2.17 bits per heavy atom. The molecule has 0 spiro atoms. The fourth-order valence-electron chi connectivity index (χ4n) is 3.66. The Morgan fingerprint density at radius 1 is 1.31 bits per heavy atom. The first-order valence-corrected chi connectivity index (χ1v) is 9.78. The summed E-state index contributed by atoms with van der Waals surface area (Å²) in [6.45, 7) is 4.87. The summed E-state index contributed by atoms with van der Waals surface area (Å²) >= 11 is 6.07. The second kappa shape index (κ2) is 8.05. The van der Waals surface area contributed by atoms with Crippen molar-refractivity contribution in [3.63, 3.8) is 0 Å². The summed E-state index contributed by atoms with van der Waals surface area (Å²) in [5.41, 5.74) is 8.46. The van der Waals surface area contributed by atoms with Gasteiger partial charge in [-0.25, -0.2) is 14.6 Å². The van der Waals surface area contributed by atoms with Gasteiger partial charge in [0.1, 0.15) is 12.1 Å². The van der Waals surface area contributed by atoms with Crippen molar-refractivity contribution >= 4 is 46.5 Å². The highest BCUT2D eigenvalue weighted by atomic mass is 35.5. The lowest BCUT2D eigenvalue weighted by atomic mass is 10.1. The molecule has 148 valence electrons. The summed E-state index contributed by atoms with van der Waals surface area (Å²) in [4.78, 5) is 22.4. The minimum atomic E-state index is -0.0682. The van der Waals surface area contributed by atoms with Crippen LogP contribution in [0, 0.1) is 0 Å². The van der Waals surface area contributed by atoms with Crippen molar-refractivity contribution in [3.05, 3.63) is 59.5 Å². The van der Waals surface area contributed by atoms with E-state index in [-0.39, 0.29) is 11.9 Å². The maximum atomic E-state index is 12.1. The third-order valence-corrected chi connectivity index (χ3v) is 5.29. The van der Waals surface area contributed by atoms with Crippen LogP contribution in [0.15, 0.2) is 43.2 Å². The van der Waals surface area contributed by atoms with Crippen LogP contribution in [0.25, 0.3) is 23.2 Å². The molecule has 1 amide bonds. The lowest BCUT2D eigenvalue weighted by Gasteiger charge is -2.32. The normalized spacial score (nSPS) is 17.1. The fraction of sp³-hybridized carbons (Fsp3) is 0.238. The maximum Gasteiger partial charge on any atom is 0.246 e. The molecule has 2 aromatic heterocycles. The molecule has 2 N–H and O–H groups in total. The van der Waals surface area contributed by atoms with E-state index < -0.39 is 0 Å². The summed E-state index contributed by atoms with van der Waals surface area (Å²) in [6, 6.07) is 7.56. The number of piperidine rings is 1. The zero-order valence-electron chi connectivity index (χ0n) is 15.8. The van der Waals surface area contributed by atoms with E-state index in [4.69, 9.17) is 22.4 Å². The number of fused-ring (bicyclic) bond motifs is 1. The molecular formula is C21H21ClN6O. The van der Waals surface area contributed by atoms with Crippen molar-refractivity contribution < 1.29 is 4.79 Å². The number of nitrogens with zero attached hydrogens (tertiary/aromatic N) is 5. The van der Waals surface area contributed by atoms with Crippen LogP contribution in [0.2, 0.25) is 5.02 Å². The molecule has 7 nitrogen and oxygen atoms in total. The summed E-state index contributed by atoms with van der Waals surface area (Å²) in [6.07, 6.45) is 8.40. The van der Waals surface area contributed by atoms with E-state index in [1.807, 2.05) is 41.1 Å². The van der Waals surface area contributed by atoms with Crippen LogP contribution in [-0.2, 0) is 4.79 Å². The van der Waals surface area contributed by atoms with Crippen molar-refractivity contribution in [2.75, 3.05) is 18.8 Å². The zero-order valence-corrected chi connectivity index (χ0v) is 16.6. The molecule has 0 radical (unpaired) electrons. The van der Waals surface area contributed by atoms with E-state index in [1.165, 1.54) is 12.4 Å². The molecule has 4 rings (SSSR count). The minimum absolute atomic E-state index is 0.0118. The molecule has 0 saturated carbocycles. The van der Waals surface area contributed by atoms with Gasteiger partial charge in [0.25, 0.3) is 0 Å². The Bertz CT molecular complexity index is 1110. The minimum Gasteiger partial charge on any atom is -0.383 e. The molecule has 1 fully saturated rings. The van der Waals surface area contributed by atoms with E-state index in [1.54, 1.807) is 4.90 Å². The number of nitrogen functional groups attached to an aromatic ring is 1. The van der Waals surface area contributed by atoms with Gasteiger partial charge in [-0.05, 0) is 42.7 Å². The number of carbonyl (C=O) groups excluding carboxylic acids is 1. The van der Waals surface area contributed by atoms with Gasteiger partial charge in [-0.2, -0.15) is 5.10 Å². The summed E-state index contributed by atoms with van der Waals surface area (Å²) in [7, 11) is 0. The highest BCUT2D eigenvalue weighted by Crippen LogP contribution is 2.29. The van der Waals surface area contributed by atoms with E-state index in [0.717, 1.165) is 24.9 Å². The molecular weight excluding hydrogens is 388 g/mol. The summed E-state index contributed by atoms with van der Waals surface area (Å²) in [5.74, 6) is 0.309. The van der Waals surface area contributed by atoms with E-state index in [0.29, 0.717) is 34.1 Å². The molecule has 1 atom stereocenters. The summed E-state index contributed by atoms with van der Waals surface area (Å²) in [5, 5.41) is 6.15. The van der Waals surface area contributed by atoms with Gasteiger partial charge in [0.05, 0.1) is 17.1 Å². The van der Waals surface area contributed by atoms with Gasteiger partial charge in [-0.15, -0.1) is 0 Å². The number of nitrogens with two attached hydrogens (primary N) is 1. The first kappa shape index (κ1) is 19.1. The lowest BCUT2D eigenvalue weighted by Crippen LogP contribution is -2.40. The van der Waals surface area contributed by atoms with Crippen LogP contribution in [0.3, 0.4) is 0 Å². The number of likely N-dealkylation sites (tertiary alicyclic amines) is 1. The van der Waals surface area contributed by atoms with Crippen LogP contribution in [0.4, 0.5) is 5.82 Å². The van der Waals surface area contributed by atoms with Crippen molar-refractivity contribution in [2.24, 2.45) is 0 Å². The van der Waals surface area contributed by atoms with Crippen LogP contribution >= 0.6 is 11.6 Å². The highest BCUT2D eigenvalue weighted by Gasteiger charge is 2.27. The lowest BCUT2D eigenvalue weighted by molar-refractivity contribution is -0.127. The van der Waals surface area contributed by atoms with E-state index in [9.17, 15) is 4.79 Å². The van der Waals surface area contributed by atoms with Crippen molar-refractivity contribution in [1.29, 1.82) is 0 Å². The van der Waals surface area contributed by atoms with Crippen molar-refractivity contribution in [2.45, 2.75) is 18.9 Å². The molecule has 8 heteroatoms. The van der Waals surface area contributed by atoms with Crippen LogP contribution < -0.4 is 5.73 Å². The average Bonchev–Trinajstić information content (AvgIpc) is 3.12. The summed E-state index contributed by atoms with van der Waals surface area (Å²) < 4.78 is 1.87. The Balaban J connectivity index is 1.73. The Kier molecular flexibility index (Phi) is 5.31. The molecule has 1 aliphatic heterocycles. The van der Waals surface area contributed by atoms with Gasteiger partial charge < -0.3 is 10.6 Å². The number of carbonyl (C=O) groups is 1. The van der Waals surface area contributed by atoms with Gasteiger partial charge in [-0.1, -0.05) is 36.4 Å². The SMILES string of the molecule is C=CC(=O)N1CCC[C@@H](n2nc(/C=C/c3cccc(Cl)c3)c3c(N)ncnc32)C1. The third kappa shape index (κ3) is 3.86. The smallest absolute Gasteiger partial charge is 0.246 e. The standard InChI is InChI=1S/C21H21ClN6O/c1-2-18(29)27-10-4-7-16(12-27)28-21-19(20(23)24-13-25-21)17(26-28)9-8-14-5-3-6-15(22)11-14/h2-3,5-6,8-9,11,13,16H,1,4,7,10,12H2,(H2,23,24,25)/b9-8+/t16-/m1/s1. The van der Waals surface area contributed by atoms with Gasteiger partial charge in [-0.3, -0.25) is 4.79 Å². The third-order valence-electron chi connectivity index (χ3n) is 5.06. The number of amides is 1. The van der Waals surface area contributed by atoms with Crippen LogP contribution in [0.5, 0.6) is 0 Å². The molecule has 1 aliphatic rings. The molecule has 0 bridgehead atoms. The second-order valence-electron chi connectivity index (χ2n) is 6.96. The molecule has 0 unspecified atom stereocenters. The molecule has 1 aromatic carbocycles. The number of halogens is 1. The zero-order chi connectivity index (χ0) is 20.4. The predicted octanol–water partition coefficient (Wildman–Crippen LogP) is 3.58. The maximum absolute atomic E-state index is 12.1. The number of hydrogen-bond acceptors (Lipinski definition) is 5. The van der Waals surface area contributed by atoms with Gasteiger partial charge in [0.2, 0.25) is 5.91 Å². The largest absolute Gasteiger partial charge is 0.383 e. The number of rotatable bonds is 4. The van der Waals surface area contributed by atoms with Crippen LogP contribution in [-0.4, -0.2) is 43.6 Å². The van der Waals surface area contributed by atoms with Crippen molar-refractivity contribution in [1.82, 2.24) is 24.6 Å². The van der Waals surface area contributed by atoms with Gasteiger partial charge >= 0.3 is 0 Å². The second-order valence-corrected chi connectivity index (χ2v) is 7.40. The quantitative estimate of drug-likeness (QED) is 0.666. The van der Waals surface area contributed by atoms with Crippen molar-refractivity contribution in [3.8, 4) is 0 Å². The molecule has 3 heterocycles. The Hall–Kier alpha value is -3.19. The Morgan fingerprint density at radius 3 is 2.97 bits per heavy atom. The average molecular weight is 409 g/mol. The van der Waals surface area contributed by atoms with E-state index >= 15 is 0 Å². The number of hydrogen-bond donors (Lipinski definition) is 1. The monoisotopic (exact) mass is 408 g/mol. The van der Waals surface area contributed by atoms with Gasteiger partial charge in [0, 0.05) is 18.1 Å². The molecule has 29 heavy (non-hydrogen) atoms. The van der Waals surface area contributed by atoms with Crippen LogP contribution in [0.1, 0.15) is 30.1 Å². The molecule has 0 aliphatic carbocycles. The fourth-order valence-corrected chi connectivity index (χ4v) is 3.86. The molecule has 1 saturated heterocycles. The number of anilines is 1. The molecule has 3 aromatic rings. The topological polar surface area (TPSA) is 89.9 Å². The van der Waals surface area contributed by atoms with E-state index in [2.05, 4.69) is 16.5 Å². The number of benzene rings is 1.